The van der Waals surface area contributed by atoms with E-state index in [1.807, 2.05) is 49.4 Å². The number of hydrogen-bond donors (Lipinski definition) is 1. The van der Waals surface area contributed by atoms with Crippen molar-refractivity contribution in [3.63, 3.8) is 0 Å². The second kappa shape index (κ2) is 5.78. The van der Waals surface area contributed by atoms with Gasteiger partial charge < -0.3 is 14.5 Å². The maximum atomic E-state index is 8.40. The van der Waals surface area contributed by atoms with Crippen molar-refractivity contribution >= 4 is 5.69 Å². The molecule has 18 heavy (non-hydrogen) atoms. The zero-order valence-electron chi connectivity index (χ0n) is 10.1. The van der Waals surface area contributed by atoms with E-state index >= 15 is 0 Å². The summed E-state index contributed by atoms with van der Waals surface area (Å²) in [4.78, 5) is 0. The highest BCUT2D eigenvalue weighted by Gasteiger charge is 1.99. The minimum absolute atomic E-state index is 0.0679. The number of hydrogen-bond acceptors (Lipinski definition) is 4. The Hall–Kier alpha value is -2.41. The fourth-order valence-corrected chi connectivity index (χ4v) is 1.55. The number of anilines is 1. The largest absolute Gasteiger partial charge is 0.479 e. The lowest BCUT2D eigenvalue weighted by molar-refractivity contribution is 0.368. The van der Waals surface area contributed by atoms with Crippen LogP contribution < -0.4 is 10.1 Å². The number of ether oxygens (including phenoxy) is 1. The van der Waals surface area contributed by atoms with Crippen molar-refractivity contribution in [1.29, 1.82) is 5.26 Å². The molecule has 0 fully saturated rings. The van der Waals surface area contributed by atoms with Gasteiger partial charge in [-0.1, -0.05) is 0 Å². The van der Waals surface area contributed by atoms with E-state index in [4.69, 9.17) is 14.4 Å². The molecule has 0 aliphatic heterocycles. The number of aryl methyl sites for hydroxylation is 1. The Morgan fingerprint density at radius 1 is 1.22 bits per heavy atom. The van der Waals surface area contributed by atoms with Crippen LogP contribution in [0.4, 0.5) is 5.69 Å². The summed E-state index contributed by atoms with van der Waals surface area (Å²) in [6.45, 7) is 2.63. The highest BCUT2D eigenvalue weighted by molar-refractivity contribution is 5.46. The summed E-state index contributed by atoms with van der Waals surface area (Å²) in [5.41, 5.74) is 0.980. The highest BCUT2D eigenvalue weighted by Crippen LogP contribution is 2.16. The Morgan fingerprint density at radius 3 is 2.61 bits per heavy atom. The smallest absolute Gasteiger partial charge is 0.174 e. The molecule has 0 atom stereocenters. The van der Waals surface area contributed by atoms with Gasteiger partial charge in [0.05, 0.1) is 6.54 Å². The van der Waals surface area contributed by atoms with Crippen LogP contribution in [0, 0.1) is 18.3 Å². The third-order valence-electron chi connectivity index (χ3n) is 2.42. The van der Waals surface area contributed by atoms with Crippen molar-refractivity contribution in [2.24, 2.45) is 0 Å². The zero-order chi connectivity index (χ0) is 12.8. The van der Waals surface area contributed by atoms with E-state index in [1.165, 1.54) is 0 Å². The van der Waals surface area contributed by atoms with Gasteiger partial charge >= 0.3 is 0 Å². The molecule has 1 N–H and O–H groups in total. The Morgan fingerprint density at radius 2 is 2.00 bits per heavy atom. The van der Waals surface area contributed by atoms with Crippen molar-refractivity contribution in [3.05, 3.63) is 47.9 Å². The summed E-state index contributed by atoms with van der Waals surface area (Å²) in [5, 5.41) is 11.6. The van der Waals surface area contributed by atoms with E-state index in [-0.39, 0.29) is 6.61 Å². The van der Waals surface area contributed by atoms with Gasteiger partial charge in [0.25, 0.3) is 0 Å². The third kappa shape index (κ3) is 3.29. The Kier molecular flexibility index (Phi) is 3.87. The van der Waals surface area contributed by atoms with Crippen LogP contribution in [-0.2, 0) is 6.54 Å². The topological polar surface area (TPSA) is 58.2 Å². The van der Waals surface area contributed by atoms with Crippen LogP contribution in [0.25, 0.3) is 0 Å². The predicted molar refractivity (Wildman–Crippen MR) is 68.3 cm³/mol. The van der Waals surface area contributed by atoms with Gasteiger partial charge in [-0.05, 0) is 43.3 Å². The number of benzene rings is 1. The first-order valence-corrected chi connectivity index (χ1v) is 5.67. The summed E-state index contributed by atoms with van der Waals surface area (Å²) in [5.74, 6) is 2.50. The van der Waals surface area contributed by atoms with Crippen molar-refractivity contribution in [2.75, 3.05) is 11.9 Å². The maximum absolute atomic E-state index is 8.40. The molecule has 92 valence electrons. The van der Waals surface area contributed by atoms with Gasteiger partial charge in [-0.15, -0.1) is 0 Å². The molecule has 0 saturated carbocycles. The van der Waals surface area contributed by atoms with Gasteiger partial charge in [0.1, 0.15) is 23.3 Å². The molecular weight excluding hydrogens is 228 g/mol. The highest BCUT2D eigenvalue weighted by atomic mass is 16.5. The molecule has 1 aromatic carbocycles. The molecule has 4 nitrogen and oxygen atoms in total. The average Bonchev–Trinajstić information content (AvgIpc) is 2.81. The van der Waals surface area contributed by atoms with Crippen LogP contribution in [0.5, 0.6) is 5.75 Å². The van der Waals surface area contributed by atoms with Gasteiger partial charge in [-0.25, -0.2) is 0 Å². The summed E-state index contributed by atoms with van der Waals surface area (Å²) >= 11 is 0. The summed E-state index contributed by atoms with van der Waals surface area (Å²) in [6.07, 6.45) is 0. The van der Waals surface area contributed by atoms with E-state index in [0.717, 1.165) is 17.2 Å². The molecule has 2 aromatic rings. The molecule has 2 rings (SSSR count). The lowest BCUT2D eigenvalue weighted by atomic mass is 10.3. The molecule has 0 amide bonds. The summed E-state index contributed by atoms with van der Waals surface area (Å²) in [6, 6.07) is 13.3. The fraction of sp³-hybridized carbons (Fsp3) is 0.214. The van der Waals surface area contributed by atoms with Crippen molar-refractivity contribution in [3.8, 4) is 11.8 Å². The number of furan rings is 1. The molecule has 1 aromatic heterocycles. The molecule has 0 aliphatic rings. The lowest BCUT2D eigenvalue weighted by Crippen LogP contribution is -1.98. The van der Waals surface area contributed by atoms with Crippen LogP contribution >= 0.6 is 0 Å². The predicted octanol–water partition coefficient (Wildman–Crippen LogP) is 3.10. The number of nitrogens with zero attached hydrogens (tertiary/aromatic N) is 1. The Balaban J connectivity index is 1.88. The zero-order valence-corrected chi connectivity index (χ0v) is 10.1. The van der Waals surface area contributed by atoms with Gasteiger partial charge in [-0.2, -0.15) is 5.26 Å². The minimum Gasteiger partial charge on any atom is -0.479 e. The molecule has 1 heterocycles. The second-order valence-corrected chi connectivity index (χ2v) is 3.84. The number of nitriles is 1. The normalized spacial score (nSPS) is 9.78. The average molecular weight is 242 g/mol. The van der Waals surface area contributed by atoms with E-state index in [0.29, 0.717) is 12.3 Å². The van der Waals surface area contributed by atoms with Crippen LogP contribution in [0.1, 0.15) is 11.5 Å². The molecule has 0 radical (unpaired) electrons. The van der Waals surface area contributed by atoms with E-state index in [9.17, 15) is 0 Å². The Labute approximate surface area is 106 Å². The van der Waals surface area contributed by atoms with Gasteiger partial charge in [0.2, 0.25) is 0 Å². The monoisotopic (exact) mass is 242 g/mol. The molecule has 0 saturated heterocycles. The van der Waals surface area contributed by atoms with Crippen molar-refractivity contribution in [1.82, 2.24) is 0 Å². The van der Waals surface area contributed by atoms with Crippen molar-refractivity contribution in [2.45, 2.75) is 13.5 Å². The third-order valence-corrected chi connectivity index (χ3v) is 2.42. The van der Waals surface area contributed by atoms with Crippen LogP contribution in [0.15, 0.2) is 40.8 Å². The first kappa shape index (κ1) is 12.1. The van der Waals surface area contributed by atoms with Gasteiger partial charge in [0, 0.05) is 5.69 Å². The Bertz CT molecular complexity index is 538. The SMILES string of the molecule is Cc1ccc(CNc2ccc(OCC#N)cc2)o1. The lowest BCUT2D eigenvalue weighted by Gasteiger charge is -2.06. The summed E-state index contributed by atoms with van der Waals surface area (Å²) in [7, 11) is 0. The molecule has 0 aliphatic carbocycles. The maximum Gasteiger partial charge on any atom is 0.174 e. The van der Waals surface area contributed by atoms with E-state index < -0.39 is 0 Å². The number of nitrogens with one attached hydrogen (secondary N) is 1. The fourth-order valence-electron chi connectivity index (χ4n) is 1.55. The molecule has 0 unspecified atom stereocenters. The molecule has 0 bridgehead atoms. The molecule has 4 heteroatoms. The first-order valence-electron chi connectivity index (χ1n) is 5.67. The van der Waals surface area contributed by atoms with Crippen LogP contribution in [-0.4, -0.2) is 6.61 Å². The molecule has 0 spiro atoms. The van der Waals surface area contributed by atoms with Gasteiger partial charge in [-0.3, -0.25) is 0 Å². The van der Waals surface area contributed by atoms with E-state index in [2.05, 4.69) is 5.32 Å². The first-order chi connectivity index (χ1) is 8.78. The minimum atomic E-state index is 0.0679. The van der Waals surface area contributed by atoms with Gasteiger partial charge in [0.15, 0.2) is 6.61 Å². The molecular formula is C14H14N2O2. The van der Waals surface area contributed by atoms with Crippen LogP contribution in [0.3, 0.4) is 0 Å². The quantitative estimate of drug-likeness (QED) is 0.875. The van der Waals surface area contributed by atoms with Crippen molar-refractivity contribution < 1.29 is 9.15 Å². The van der Waals surface area contributed by atoms with E-state index in [1.54, 1.807) is 0 Å². The second-order valence-electron chi connectivity index (χ2n) is 3.84. The standard InChI is InChI=1S/C14H14N2O2/c1-11-2-5-14(18-11)10-16-12-3-6-13(7-4-12)17-9-8-15/h2-7,16H,9-10H2,1H3. The van der Waals surface area contributed by atoms with Crippen LogP contribution in [0.2, 0.25) is 0 Å². The number of rotatable bonds is 5. The summed E-state index contributed by atoms with van der Waals surface area (Å²) < 4.78 is 10.6.